The summed E-state index contributed by atoms with van der Waals surface area (Å²) < 4.78 is 15.7. The highest BCUT2D eigenvalue weighted by Crippen LogP contribution is 2.27. The van der Waals surface area contributed by atoms with Crippen LogP contribution in [0.5, 0.6) is 11.5 Å². The minimum absolute atomic E-state index is 0.176. The molecule has 0 bridgehead atoms. The van der Waals surface area contributed by atoms with Gasteiger partial charge in [0.15, 0.2) is 5.70 Å². The zero-order valence-electron chi connectivity index (χ0n) is 13.8. The molecule has 6 heteroatoms. The second-order valence-corrected chi connectivity index (χ2v) is 5.59. The van der Waals surface area contributed by atoms with E-state index in [2.05, 4.69) is 4.99 Å². The largest absolute Gasteiger partial charge is 0.497 e. The summed E-state index contributed by atoms with van der Waals surface area (Å²) in [5, 5.41) is 0.396. The first-order chi connectivity index (χ1) is 12.1. The van der Waals surface area contributed by atoms with Gasteiger partial charge in [0.25, 0.3) is 0 Å². The van der Waals surface area contributed by atoms with Crippen molar-refractivity contribution < 1.29 is 19.0 Å². The van der Waals surface area contributed by atoms with Gasteiger partial charge in [0, 0.05) is 0 Å². The van der Waals surface area contributed by atoms with Crippen LogP contribution in [0.15, 0.2) is 53.2 Å². The van der Waals surface area contributed by atoms with Crippen molar-refractivity contribution in [3.05, 3.63) is 64.3 Å². The molecule has 0 spiro atoms. The number of ether oxygens (including phenoxy) is 3. The number of carbonyl (C=O) groups is 1. The lowest BCUT2D eigenvalue weighted by Gasteiger charge is -2.05. The van der Waals surface area contributed by atoms with Crippen molar-refractivity contribution in [3.63, 3.8) is 0 Å². The van der Waals surface area contributed by atoms with Crippen LogP contribution in [0.2, 0.25) is 5.02 Å². The molecule has 0 amide bonds. The Labute approximate surface area is 150 Å². The first kappa shape index (κ1) is 17.0. The van der Waals surface area contributed by atoms with Gasteiger partial charge in [-0.3, -0.25) is 0 Å². The van der Waals surface area contributed by atoms with E-state index in [0.717, 1.165) is 11.3 Å². The van der Waals surface area contributed by atoms with Crippen LogP contribution in [0, 0.1) is 0 Å². The first-order valence-corrected chi connectivity index (χ1v) is 8.08. The summed E-state index contributed by atoms with van der Waals surface area (Å²) in [5.74, 6) is 1.04. The SMILES string of the molecule is CCOc1ccc(/C=C2\N=C(c3ccc(OC)cc3Cl)OC2=O)cc1. The van der Waals surface area contributed by atoms with Gasteiger partial charge in [-0.05, 0) is 48.9 Å². The zero-order valence-corrected chi connectivity index (χ0v) is 14.5. The standard InChI is InChI=1S/C19H16ClNO4/c1-3-24-13-6-4-12(5-7-13)10-17-19(22)25-18(21-17)15-9-8-14(23-2)11-16(15)20/h4-11H,3H2,1-2H3/b17-10-. The van der Waals surface area contributed by atoms with Gasteiger partial charge < -0.3 is 14.2 Å². The van der Waals surface area contributed by atoms with E-state index >= 15 is 0 Å². The van der Waals surface area contributed by atoms with E-state index in [1.54, 1.807) is 31.4 Å². The van der Waals surface area contributed by atoms with E-state index in [4.69, 9.17) is 25.8 Å². The third-order valence-corrected chi connectivity index (χ3v) is 3.83. The molecule has 25 heavy (non-hydrogen) atoms. The van der Waals surface area contributed by atoms with Crippen molar-refractivity contribution in [2.75, 3.05) is 13.7 Å². The summed E-state index contributed by atoms with van der Waals surface area (Å²) in [5.41, 5.74) is 1.57. The van der Waals surface area contributed by atoms with E-state index in [9.17, 15) is 4.79 Å². The summed E-state index contributed by atoms with van der Waals surface area (Å²) in [6, 6.07) is 12.4. The van der Waals surface area contributed by atoms with E-state index in [0.29, 0.717) is 22.9 Å². The molecule has 0 aromatic heterocycles. The number of cyclic esters (lactones) is 1. The van der Waals surface area contributed by atoms with Crippen LogP contribution in [-0.2, 0) is 9.53 Å². The Bertz CT molecular complexity index is 856. The van der Waals surface area contributed by atoms with Gasteiger partial charge in [0.2, 0.25) is 5.90 Å². The van der Waals surface area contributed by atoms with E-state index in [1.165, 1.54) is 0 Å². The maximum absolute atomic E-state index is 12.1. The predicted octanol–water partition coefficient (Wildman–Crippen LogP) is 4.09. The molecule has 0 unspecified atom stereocenters. The molecule has 128 valence electrons. The molecule has 1 aliphatic rings. The van der Waals surface area contributed by atoms with Crippen molar-refractivity contribution in [1.82, 2.24) is 0 Å². The molecule has 0 aliphatic carbocycles. The molecule has 2 aromatic rings. The molecule has 0 atom stereocenters. The average Bonchev–Trinajstić information content (AvgIpc) is 2.97. The molecule has 0 fully saturated rings. The second kappa shape index (κ2) is 7.40. The number of nitrogens with zero attached hydrogens (tertiary/aromatic N) is 1. The molecule has 0 saturated carbocycles. The Morgan fingerprint density at radius 2 is 1.88 bits per heavy atom. The fourth-order valence-corrected chi connectivity index (χ4v) is 2.56. The van der Waals surface area contributed by atoms with Crippen molar-refractivity contribution in [1.29, 1.82) is 0 Å². The van der Waals surface area contributed by atoms with Gasteiger partial charge in [-0.2, -0.15) is 0 Å². The monoisotopic (exact) mass is 357 g/mol. The number of halogens is 1. The first-order valence-electron chi connectivity index (χ1n) is 7.70. The molecule has 1 heterocycles. The Kier molecular flexibility index (Phi) is 5.05. The number of methoxy groups -OCH3 is 1. The molecule has 0 saturated heterocycles. The molecular weight excluding hydrogens is 342 g/mol. The van der Waals surface area contributed by atoms with Crippen LogP contribution in [0.1, 0.15) is 18.1 Å². The zero-order chi connectivity index (χ0) is 17.8. The molecule has 5 nitrogen and oxygen atoms in total. The fraction of sp³-hybridized carbons (Fsp3) is 0.158. The number of aliphatic imine (C=N–C) groups is 1. The van der Waals surface area contributed by atoms with Crippen LogP contribution in [-0.4, -0.2) is 25.6 Å². The maximum atomic E-state index is 12.1. The van der Waals surface area contributed by atoms with Gasteiger partial charge in [0.05, 0.1) is 24.3 Å². The summed E-state index contributed by atoms with van der Waals surface area (Å²) in [6.45, 7) is 2.52. The normalized spacial score (nSPS) is 15.1. The van der Waals surface area contributed by atoms with Crippen molar-refractivity contribution >= 4 is 29.5 Å². The summed E-state index contributed by atoms with van der Waals surface area (Å²) in [7, 11) is 1.55. The van der Waals surface area contributed by atoms with Gasteiger partial charge in [-0.25, -0.2) is 9.79 Å². The predicted molar refractivity (Wildman–Crippen MR) is 96.2 cm³/mol. The number of hydrogen-bond donors (Lipinski definition) is 0. The molecule has 2 aromatic carbocycles. The van der Waals surface area contributed by atoms with Gasteiger partial charge in [-0.15, -0.1) is 0 Å². The minimum atomic E-state index is -0.518. The maximum Gasteiger partial charge on any atom is 0.363 e. The highest BCUT2D eigenvalue weighted by Gasteiger charge is 2.25. The molecule has 0 radical (unpaired) electrons. The summed E-state index contributed by atoms with van der Waals surface area (Å²) in [4.78, 5) is 16.3. The summed E-state index contributed by atoms with van der Waals surface area (Å²) in [6.07, 6.45) is 1.66. The lowest BCUT2D eigenvalue weighted by atomic mass is 10.2. The Morgan fingerprint density at radius 1 is 1.16 bits per heavy atom. The topological polar surface area (TPSA) is 57.1 Å². The highest BCUT2D eigenvalue weighted by molar-refractivity contribution is 6.34. The van der Waals surface area contributed by atoms with E-state index in [1.807, 2.05) is 31.2 Å². The average molecular weight is 358 g/mol. The lowest BCUT2D eigenvalue weighted by Crippen LogP contribution is -2.06. The fourth-order valence-electron chi connectivity index (χ4n) is 2.31. The van der Waals surface area contributed by atoms with Crippen LogP contribution >= 0.6 is 11.6 Å². The molecule has 1 aliphatic heterocycles. The van der Waals surface area contributed by atoms with Crippen molar-refractivity contribution in [2.24, 2.45) is 4.99 Å². The lowest BCUT2D eigenvalue weighted by molar-refractivity contribution is -0.129. The Morgan fingerprint density at radius 3 is 2.52 bits per heavy atom. The third-order valence-electron chi connectivity index (χ3n) is 3.52. The minimum Gasteiger partial charge on any atom is -0.497 e. The third kappa shape index (κ3) is 3.83. The number of carbonyl (C=O) groups excluding carboxylic acids is 1. The van der Waals surface area contributed by atoms with E-state index in [-0.39, 0.29) is 11.6 Å². The number of rotatable bonds is 5. The molecule has 3 rings (SSSR count). The van der Waals surface area contributed by atoms with Crippen molar-refractivity contribution in [3.8, 4) is 11.5 Å². The smallest absolute Gasteiger partial charge is 0.363 e. The van der Waals surface area contributed by atoms with Crippen LogP contribution in [0.3, 0.4) is 0 Å². The van der Waals surface area contributed by atoms with Crippen molar-refractivity contribution in [2.45, 2.75) is 6.92 Å². The van der Waals surface area contributed by atoms with E-state index < -0.39 is 5.97 Å². The Balaban J connectivity index is 1.87. The van der Waals surface area contributed by atoms with Crippen LogP contribution < -0.4 is 9.47 Å². The number of benzene rings is 2. The van der Waals surface area contributed by atoms with Crippen LogP contribution in [0.25, 0.3) is 6.08 Å². The quantitative estimate of drug-likeness (QED) is 0.597. The van der Waals surface area contributed by atoms with Gasteiger partial charge >= 0.3 is 5.97 Å². The molecule has 0 N–H and O–H groups in total. The number of esters is 1. The molecular formula is C19H16ClNO4. The second-order valence-electron chi connectivity index (χ2n) is 5.18. The number of hydrogen-bond acceptors (Lipinski definition) is 5. The van der Waals surface area contributed by atoms with Crippen LogP contribution in [0.4, 0.5) is 0 Å². The Hall–Kier alpha value is -2.79. The highest BCUT2D eigenvalue weighted by atomic mass is 35.5. The summed E-state index contributed by atoms with van der Waals surface area (Å²) >= 11 is 6.21. The van der Waals surface area contributed by atoms with Gasteiger partial charge in [-0.1, -0.05) is 23.7 Å². The van der Waals surface area contributed by atoms with Gasteiger partial charge in [0.1, 0.15) is 11.5 Å².